The minimum absolute atomic E-state index is 0.0423. The highest BCUT2D eigenvalue weighted by atomic mass is 35.5. The molecule has 1 amide bonds. The number of benzene rings is 3. The van der Waals surface area contributed by atoms with Crippen molar-refractivity contribution in [1.82, 2.24) is 0 Å². The van der Waals surface area contributed by atoms with Crippen molar-refractivity contribution in [3.05, 3.63) is 99.0 Å². The van der Waals surface area contributed by atoms with Gasteiger partial charge in [-0.3, -0.25) is 9.59 Å². The Kier molecular flexibility index (Phi) is 5.54. The average Bonchev–Trinajstić information content (AvgIpc) is 2.63. The van der Waals surface area contributed by atoms with Crippen LogP contribution < -0.4 is 5.32 Å². The van der Waals surface area contributed by atoms with Gasteiger partial charge in [0.2, 0.25) is 0 Å². The topological polar surface area (TPSA) is 46.2 Å². The fourth-order valence-corrected chi connectivity index (χ4v) is 2.90. The van der Waals surface area contributed by atoms with E-state index in [9.17, 15) is 18.4 Å². The summed E-state index contributed by atoms with van der Waals surface area (Å²) in [6.07, 6.45) is 0. The Hall–Kier alpha value is -2.76. The van der Waals surface area contributed by atoms with E-state index in [2.05, 4.69) is 5.32 Å². The van der Waals surface area contributed by atoms with Gasteiger partial charge in [-0.15, -0.1) is 0 Å². The maximum absolute atomic E-state index is 13.8. The van der Waals surface area contributed by atoms with E-state index in [4.69, 9.17) is 23.2 Å². The molecule has 136 valence electrons. The number of rotatable bonds is 4. The number of amides is 1. The van der Waals surface area contributed by atoms with Crippen LogP contribution >= 0.6 is 23.2 Å². The standard InChI is InChI=1S/C20H11Cl2F2NO2/c21-11-8-9-17(25-20(27)18-15(23)6-3-7-16(18)24)13(10-11)19(26)12-4-1-2-5-14(12)22/h1-10H,(H,25,27). The van der Waals surface area contributed by atoms with Crippen LogP contribution in [-0.4, -0.2) is 11.7 Å². The molecule has 0 saturated heterocycles. The number of hydrogen-bond acceptors (Lipinski definition) is 2. The highest BCUT2D eigenvalue weighted by Gasteiger charge is 2.21. The molecule has 3 nitrogen and oxygen atoms in total. The van der Waals surface area contributed by atoms with E-state index in [1.165, 1.54) is 24.3 Å². The fourth-order valence-electron chi connectivity index (χ4n) is 2.50. The van der Waals surface area contributed by atoms with E-state index in [1.54, 1.807) is 18.2 Å². The van der Waals surface area contributed by atoms with Crippen molar-refractivity contribution < 1.29 is 18.4 Å². The van der Waals surface area contributed by atoms with Crippen molar-refractivity contribution >= 4 is 40.6 Å². The first-order chi connectivity index (χ1) is 12.9. The molecule has 27 heavy (non-hydrogen) atoms. The highest BCUT2D eigenvalue weighted by molar-refractivity contribution is 6.36. The molecule has 7 heteroatoms. The van der Waals surface area contributed by atoms with Crippen molar-refractivity contribution in [2.75, 3.05) is 5.32 Å². The smallest absolute Gasteiger partial charge is 0.261 e. The summed E-state index contributed by atoms with van der Waals surface area (Å²) in [6, 6.07) is 13.6. The summed E-state index contributed by atoms with van der Waals surface area (Å²) in [5.41, 5.74) is -0.449. The first-order valence-corrected chi connectivity index (χ1v) is 8.48. The van der Waals surface area contributed by atoms with Gasteiger partial charge < -0.3 is 5.32 Å². The third kappa shape index (κ3) is 3.99. The quantitative estimate of drug-likeness (QED) is 0.561. The molecule has 3 aromatic carbocycles. The second kappa shape index (κ2) is 7.86. The van der Waals surface area contributed by atoms with Crippen LogP contribution in [-0.2, 0) is 0 Å². The molecule has 1 N–H and O–H groups in total. The van der Waals surface area contributed by atoms with Gasteiger partial charge in [0.15, 0.2) is 5.78 Å². The van der Waals surface area contributed by atoms with Gasteiger partial charge in [0.05, 0.1) is 10.7 Å². The summed E-state index contributed by atoms with van der Waals surface area (Å²) in [4.78, 5) is 25.2. The lowest BCUT2D eigenvalue weighted by Crippen LogP contribution is -2.18. The van der Waals surface area contributed by atoms with E-state index in [0.717, 1.165) is 18.2 Å². The fraction of sp³-hybridized carbons (Fsp3) is 0. The van der Waals surface area contributed by atoms with E-state index in [1.807, 2.05) is 0 Å². The van der Waals surface area contributed by atoms with E-state index in [-0.39, 0.29) is 26.9 Å². The van der Waals surface area contributed by atoms with Crippen LogP contribution in [0.25, 0.3) is 0 Å². The van der Waals surface area contributed by atoms with Crippen LogP contribution in [0.3, 0.4) is 0 Å². The lowest BCUT2D eigenvalue weighted by Gasteiger charge is -2.12. The molecule has 0 heterocycles. The Morgan fingerprint density at radius 2 is 1.48 bits per heavy atom. The van der Waals surface area contributed by atoms with Crippen molar-refractivity contribution in [2.24, 2.45) is 0 Å². The molecule has 0 bridgehead atoms. The van der Waals surface area contributed by atoms with Crippen LogP contribution in [0, 0.1) is 11.6 Å². The minimum atomic E-state index is -1.03. The van der Waals surface area contributed by atoms with Crippen LogP contribution in [0.15, 0.2) is 60.7 Å². The summed E-state index contributed by atoms with van der Waals surface area (Å²) < 4.78 is 27.7. The molecule has 0 fully saturated rings. The number of carbonyl (C=O) groups excluding carboxylic acids is 2. The largest absolute Gasteiger partial charge is 0.321 e. The lowest BCUT2D eigenvalue weighted by atomic mass is 10.0. The lowest BCUT2D eigenvalue weighted by molar-refractivity contribution is 0.101. The number of halogens is 4. The average molecular weight is 406 g/mol. The van der Waals surface area contributed by atoms with Crippen LogP contribution in [0.4, 0.5) is 14.5 Å². The number of hydrogen-bond donors (Lipinski definition) is 1. The zero-order valence-corrected chi connectivity index (χ0v) is 15.1. The Bertz CT molecular complexity index is 1030. The summed E-state index contributed by atoms with van der Waals surface area (Å²) >= 11 is 12.0. The number of nitrogens with one attached hydrogen (secondary N) is 1. The Balaban J connectivity index is 2.01. The van der Waals surface area contributed by atoms with Gasteiger partial charge >= 0.3 is 0 Å². The van der Waals surface area contributed by atoms with E-state index >= 15 is 0 Å². The molecule has 0 aliphatic rings. The first kappa shape index (κ1) is 19.0. The van der Waals surface area contributed by atoms with Gasteiger partial charge in [-0.1, -0.05) is 41.4 Å². The van der Waals surface area contributed by atoms with Crippen molar-refractivity contribution in [3.63, 3.8) is 0 Å². The summed E-state index contributed by atoms with van der Waals surface area (Å²) in [6.45, 7) is 0. The van der Waals surface area contributed by atoms with Gasteiger partial charge in [-0.25, -0.2) is 8.78 Å². The van der Waals surface area contributed by atoms with Gasteiger partial charge in [0.1, 0.15) is 17.2 Å². The van der Waals surface area contributed by atoms with Crippen molar-refractivity contribution in [3.8, 4) is 0 Å². The maximum atomic E-state index is 13.8. The third-order valence-corrected chi connectivity index (χ3v) is 4.35. The van der Waals surface area contributed by atoms with Gasteiger partial charge in [0, 0.05) is 16.1 Å². The molecular weight excluding hydrogens is 395 g/mol. The second-order valence-electron chi connectivity index (χ2n) is 5.55. The monoisotopic (exact) mass is 405 g/mol. The van der Waals surface area contributed by atoms with Crippen LogP contribution in [0.2, 0.25) is 10.0 Å². The zero-order valence-electron chi connectivity index (χ0n) is 13.6. The van der Waals surface area contributed by atoms with E-state index in [0.29, 0.717) is 0 Å². The SMILES string of the molecule is O=C(c1ccccc1Cl)c1cc(Cl)ccc1NC(=O)c1c(F)cccc1F. The predicted molar refractivity (Wildman–Crippen MR) is 101 cm³/mol. The second-order valence-corrected chi connectivity index (χ2v) is 6.39. The Morgan fingerprint density at radius 1 is 0.815 bits per heavy atom. The molecule has 3 rings (SSSR count). The molecule has 0 saturated carbocycles. The predicted octanol–water partition coefficient (Wildman–Crippen LogP) is 5.75. The highest BCUT2D eigenvalue weighted by Crippen LogP contribution is 2.27. The summed E-state index contributed by atoms with van der Waals surface area (Å²) in [7, 11) is 0. The van der Waals surface area contributed by atoms with Gasteiger partial charge in [-0.2, -0.15) is 0 Å². The minimum Gasteiger partial charge on any atom is -0.321 e. The molecule has 0 radical (unpaired) electrons. The molecule has 0 unspecified atom stereocenters. The third-order valence-electron chi connectivity index (χ3n) is 3.78. The normalized spacial score (nSPS) is 10.5. The van der Waals surface area contributed by atoms with Crippen LogP contribution in [0.1, 0.15) is 26.3 Å². The van der Waals surface area contributed by atoms with E-state index < -0.39 is 28.9 Å². The van der Waals surface area contributed by atoms with Crippen molar-refractivity contribution in [2.45, 2.75) is 0 Å². The van der Waals surface area contributed by atoms with Gasteiger partial charge in [0.25, 0.3) is 5.91 Å². The number of anilines is 1. The molecular formula is C20H11Cl2F2NO2. The first-order valence-electron chi connectivity index (χ1n) is 7.72. The Labute approximate surface area is 163 Å². The zero-order chi connectivity index (χ0) is 19.6. The molecule has 0 atom stereocenters. The number of ketones is 1. The van der Waals surface area contributed by atoms with Crippen LogP contribution in [0.5, 0.6) is 0 Å². The maximum Gasteiger partial charge on any atom is 0.261 e. The molecule has 0 aromatic heterocycles. The van der Waals surface area contributed by atoms with Crippen molar-refractivity contribution in [1.29, 1.82) is 0 Å². The number of carbonyl (C=O) groups is 2. The Morgan fingerprint density at radius 3 is 2.15 bits per heavy atom. The molecule has 0 aliphatic heterocycles. The van der Waals surface area contributed by atoms with Gasteiger partial charge in [-0.05, 0) is 42.5 Å². The molecule has 3 aromatic rings. The molecule has 0 spiro atoms. The molecule has 0 aliphatic carbocycles. The summed E-state index contributed by atoms with van der Waals surface area (Å²) in [5, 5.41) is 2.84. The summed E-state index contributed by atoms with van der Waals surface area (Å²) in [5.74, 6) is -3.55.